The highest BCUT2D eigenvalue weighted by Gasteiger charge is 2.73. The summed E-state index contributed by atoms with van der Waals surface area (Å²) in [5, 5.41) is 4.83. The molecule has 6 nitrogen and oxygen atoms in total. The standard InChI is InChI=1S/C18H20BrN3O3/c1-4-8(2)22-15(23)13-9(3)21-18(14(13)16(22)24)11-7-10(19)5-6-12(11)20-17(18)25/h5-9,13-14,21H,4H2,1-3H3,(H,20,25)/p+1/t8-,9+,13+,14-,18+/m0/s1. The summed E-state index contributed by atoms with van der Waals surface area (Å²) in [7, 11) is 0. The van der Waals surface area contributed by atoms with Crippen LogP contribution in [0.2, 0.25) is 0 Å². The van der Waals surface area contributed by atoms with Gasteiger partial charge in [0.15, 0.2) is 0 Å². The molecule has 0 unspecified atom stereocenters. The average molecular weight is 407 g/mol. The summed E-state index contributed by atoms with van der Waals surface area (Å²) in [4.78, 5) is 40.6. The van der Waals surface area contributed by atoms with Gasteiger partial charge in [0.1, 0.15) is 11.8 Å². The van der Waals surface area contributed by atoms with Crippen molar-refractivity contribution in [3.05, 3.63) is 28.2 Å². The minimum Gasteiger partial charge on any atom is -0.326 e. The fraction of sp³-hybridized carbons (Fsp3) is 0.500. The van der Waals surface area contributed by atoms with Gasteiger partial charge in [0.25, 0.3) is 5.91 Å². The second kappa shape index (κ2) is 5.38. The zero-order chi connectivity index (χ0) is 18.1. The first-order valence-electron chi connectivity index (χ1n) is 8.67. The van der Waals surface area contributed by atoms with Gasteiger partial charge in [0.05, 0.1) is 11.7 Å². The van der Waals surface area contributed by atoms with Crippen molar-refractivity contribution >= 4 is 39.3 Å². The lowest BCUT2D eigenvalue weighted by molar-refractivity contribution is -0.730. The normalized spacial score (nSPS) is 34.5. The highest BCUT2D eigenvalue weighted by atomic mass is 79.9. The smallest absolute Gasteiger partial charge is 0.291 e. The van der Waals surface area contributed by atoms with Crippen LogP contribution in [0.3, 0.4) is 0 Å². The largest absolute Gasteiger partial charge is 0.326 e. The van der Waals surface area contributed by atoms with Crippen molar-refractivity contribution in [2.24, 2.45) is 11.8 Å². The number of benzene rings is 1. The van der Waals surface area contributed by atoms with E-state index in [-0.39, 0.29) is 29.8 Å². The van der Waals surface area contributed by atoms with Crippen LogP contribution >= 0.6 is 15.9 Å². The number of hydrogen-bond acceptors (Lipinski definition) is 3. The summed E-state index contributed by atoms with van der Waals surface area (Å²) in [6, 6.07) is 5.31. The molecule has 0 bridgehead atoms. The van der Waals surface area contributed by atoms with Crippen molar-refractivity contribution in [1.29, 1.82) is 0 Å². The number of carbonyl (C=O) groups excluding carboxylic acids is 3. The SMILES string of the molecule is CC[C@H](C)N1C(=O)[C@H]2[C@@H](C1=O)[C@@]1([NH2+][C@@H]2C)C(=O)Nc2ccc(Br)cc21. The van der Waals surface area contributed by atoms with Crippen LogP contribution in [-0.2, 0) is 19.9 Å². The summed E-state index contributed by atoms with van der Waals surface area (Å²) >= 11 is 3.46. The molecule has 3 aliphatic heterocycles. The Morgan fingerprint density at radius 2 is 2.04 bits per heavy atom. The second-order valence-corrected chi connectivity index (χ2v) is 8.26. The van der Waals surface area contributed by atoms with Crippen molar-refractivity contribution in [2.75, 3.05) is 5.32 Å². The second-order valence-electron chi connectivity index (χ2n) is 7.35. The molecule has 5 atom stereocenters. The van der Waals surface area contributed by atoms with Crippen LogP contribution in [0.25, 0.3) is 0 Å². The van der Waals surface area contributed by atoms with E-state index in [0.717, 1.165) is 15.7 Å². The van der Waals surface area contributed by atoms with Crippen molar-refractivity contribution in [1.82, 2.24) is 4.90 Å². The Morgan fingerprint density at radius 1 is 1.32 bits per heavy atom. The quantitative estimate of drug-likeness (QED) is 0.717. The van der Waals surface area contributed by atoms with E-state index in [9.17, 15) is 14.4 Å². The number of imide groups is 1. The fourth-order valence-corrected chi connectivity index (χ4v) is 5.11. The number of halogens is 1. The van der Waals surface area contributed by atoms with Crippen LogP contribution in [0.5, 0.6) is 0 Å². The summed E-state index contributed by atoms with van der Waals surface area (Å²) < 4.78 is 0.849. The average Bonchev–Trinajstić information content (AvgIpc) is 3.12. The highest BCUT2D eigenvalue weighted by Crippen LogP contribution is 2.49. The maximum Gasteiger partial charge on any atom is 0.291 e. The summed E-state index contributed by atoms with van der Waals surface area (Å²) in [6.45, 7) is 5.78. The Bertz CT molecular complexity index is 811. The molecule has 0 radical (unpaired) electrons. The fourth-order valence-electron chi connectivity index (χ4n) is 4.75. The molecule has 0 aromatic heterocycles. The van der Waals surface area contributed by atoms with Crippen molar-refractivity contribution in [3.63, 3.8) is 0 Å². The van der Waals surface area contributed by atoms with Gasteiger partial charge in [0.2, 0.25) is 17.4 Å². The van der Waals surface area contributed by atoms with Crippen LogP contribution in [-0.4, -0.2) is 34.7 Å². The molecule has 132 valence electrons. The molecule has 4 rings (SSSR count). The Balaban J connectivity index is 1.89. The van der Waals surface area contributed by atoms with Gasteiger partial charge in [-0.3, -0.25) is 19.3 Å². The number of nitrogens with one attached hydrogen (secondary N) is 1. The van der Waals surface area contributed by atoms with Crippen LogP contribution < -0.4 is 10.6 Å². The van der Waals surface area contributed by atoms with E-state index in [0.29, 0.717) is 6.42 Å². The number of amides is 3. The van der Waals surface area contributed by atoms with Crippen molar-refractivity contribution in [2.45, 2.75) is 44.8 Å². The molecule has 1 aromatic rings. The van der Waals surface area contributed by atoms with Crippen LogP contribution in [0.1, 0.15) is 32.8 Å². The first kappa shape index (κ1) is 16.7. The molecule has 25 heavy (non-hydrogen) atoms. The predicted molar refractivity (Wildman–Crippen MR) is 94.4 cm³/mol. The molecule has 3 heterocycles. The van der Waals surface area contributed by atoms with E-state index in [1.807, 2.05) is 44.3 Å². The molecule has 1 spiro atoms. The number of anilines is 1. The number of likely N-dealkylation sites (tertiary alicyclic amines) is 1. The molecule has 2 fully saturated rings. The first-order valence-corrected chi connectivity index (χ1v) is 9.46. The molecule has 0 saturated carbocycles. The zero-order valence-electron chi connectivity index (χ0n) is 14.4. The monoisotopic (exact) mass is 406 g/mol. The van der Waals surface area contributed by atoms with Crippen molar-refractivity contribution < 1.29 is 19.7 Å². The van der Waals surface area contributed by atoms with E-state index in [1.165, 1.54) is 4.90 Å². The van der Waals surface area contributed by atoms with Gasteiger partial charge in [-0.2, -0.15) is 0 Å². The van der Waals surface area contributed by atoms with Gasteiger partial charge in [-0.15, -0.1) is 0 Å². The Morgan fingerprint density at radius 3 is 2.72 bits per heavy atom. The third-order valence-corrected chi connectivity index (χ3v) is 6.54. The molecule has 3 aliphatic rings. The minimum absolute atomic E-state index is 0.133. The molecule has 2 saturated heterocycles. The zero-order valence-corrected chi connectivity index (χ0v) is 16.0. The number of nitrogens with two attached hydrogens (primary N) is 1. The molecule has 7 heteroatoms. The van der Waals surface area contributed by atoms with Gasteiger partial charge in [-0.25, -0.2) is 0 Å². The van der Waals surface area contributed by atoms with Crippen LogP contribution in [0, 0.1) is 11.8 Å². The molecule has 1 aromatic carbocycles. The lowest BCUT2D eigenvalue weighted by Crippen LogP contribution is -2.98. The number of rotatable bonds is 2. The Hall–Kier alpha value is -1.73. The molecule has 0 aliphatic carbocycles. The van der Waals surface area contributed by atoms with E-state index < -0.39 is 17.4 Å². The van der Waals surface area contributed by atoms with E-state index in [1.54, 1.807) is 0 Å². The number of nitrogens with zero attached hydrogens (tertiary/aromatic N) is 1. The van der Waals surface area contributed by atoms with E-state index in [2.05, 4.69) is 21.2 Å². The number of quaternary nitrogens is 1. The number of fused-ring (bicyclic) bond motifs is 4. The maximum absolute atomic E-state index is 13.2. The molecular formula is C18H21BrN3O3+. The maximum atomic E-state index is 13.2. The van der Waals surface area contributed by atoms with Gasteiger partial charge in [-0.1, -0.05) is 22.9 Å². The Labute approximate surface area is 154 Å². The third-order valence-electron chi connectivity index (χ3n) is 6.05. The molecular weight excluding hydrogens is 386 g/mol. The molecule has 3 N–H and O–H groups in total. The highest BCUT2D eigenvalue weighted by molar-refractivity contribution is 9.10. The predicted octanol–water partition coefficient (Wildman–Crippen LogP) is 0.962. The first-order chi connectivity index (χ1) is 11.8. The lowest BCUT2D eigenvalue weighted by Gasteiger charge is -2.28. The lowest BCUT2D eigenvalue weighted by atomic mass is 9.76. The van der Waals surface area contributed by atoms with Gasteiger partial charge in [0, 0.05) is 16.1 Å². The Kier molecular flexibility index (Phi) is 3.60. The van der Waals surface area contributed by atoms with Crippen molar-refractivity contribution in [3.8, 4) is 0 Å². The number of carbonyl (C=O) groups is 3. The van der Waals surface area contributed by atoms with Gasteiger partial charge < -0.3 is 10.6 Å². The summed E-state index contributed by atoms with van der Waals surface area (Å²) in [6.07, 6.45) is 0.705. The summed E-state index contributed by atoms with van der Waals surface area (Å²) in [5.74, 6) is -1.67. The molecule has 3 amide bonds. The van der Waals surface area contributed by atoms with Crippen LogP contribution in [0.4, 0.5) is 5.69 Å². The van der Waals surface area contributed by atoms with Gasteiger partial charge >= 0.3 is 0 Å². The van der Waals surface area contributed by atoms with Crippen LogP contribution in [0.15, 0.2) is 22.7 Å². The van der Waals surface area contributed by atoms with E-state index in [4.69, 9.17) is 0 Å². The summed E-state index contributed by atoms with van der Waals surface area (Å²) in [5.41, 5.74) is 0.455. The van der Waals surface area contributed by atoms with Gasteiger partial charge in [-0.05, 0) is 38.5 Å². The minimum atomic E-state index is -1.06. The third kappa shape index (κ3) is 1.96. The van der Waals surface area contributed by atoms with E-state index >= 15 is 0 Å². The number of hydrogen-bond donors (Lipinski definition) is 2. The topological polar surface area (TPSA) is 83.1 Å².